The lowest BCUT2D eigenvalue weighted by Gasteiger charge is -2.10. The van der Waals surface area contributed by atoms with Crippen molar-refractivity contribution < 1.29 is 14.6 Å². The topological polar surface area (TPSA) is 70.3 Å². The molecule has 0 saturated heterocycles. The highest BCUT2D eigenvalue weighted by Gasteiger charge is 2.11. The summed E-state index contributed by atoms with van der Waals surface area (Å²) in [5.41, 5.74) is 0.297. The van der Waals surface area contributed by atoms with Gasteiger partial charge in [0, 0.05) is 5.56 Å². The Kier molecular flexibility index (Phi) is 4.02. The number of aliphatic carboxylic acids is 1. The fraction of sp³-hybridized carbons (Fsp3) is 0.125. The van der Waals surface area contributed by atoms with Crippen LogP contribution in [0.2, 0.25) is 0 Å². The van der Waals surface area contributed by atoms with Crippen LogP contribution < -0.4 is 4.74 Å². The maximum absolute atomic E-state index is 11.0. The summed E-state index contributed by atoms with van der Waals surface area (Å²) >= 11 is 0. The summed E-state index contributed by atoms with van der Waals surface area (Å²) in [5, 5.41) is 19.7. The number of fused-ring (bicyclic) bond motifs is 1. The highest BCUT2D eigenvalue weighted by Crippen LogP contribution is 2.30. The van der Waals surface area contributed by atoms with Gasteiger partial charge in [-0.2, -0.15) is 5.26 Å². The predicted molar refractivity (Wildman–Crippen MR) is 76.3 cm³/mol. The van der Waals surface area contributed by atoms with Crippen molar-refractivity contribution in [3.8, 4) is 11.8 Å². The highest BCUT2D eigenvalue weighted by molar-refractivity contribution is 6.01. The minimum Gasteiger partial charge on any atom is -0.493 e. The Morgan fingerprint density at radius 2 is 2.10 bits per heavy atom. The average molecular weight is 267 g/mol. The monoisotopic (exact) mass is 267 g/mol. The number of carboxylic acids is 1. The van der Waals surface area contributed by atoms with E-state index in [0.29, 0.717) is 17.9 Å². The molecule has 0 fully saturated rings. The molecule has 0 atom stereocenters. The van der Waals surface area contributed by atoms with Crippen LogP contribution in [0.1, 0.15) is 12.5 Å². The molecule has 0 aromatic heterocycles. The number of nitriles is 1. The van der Waals surface area contributed by atoms with E-state index >= 15 is 0 Å². The molecule has 20 heavy (non-hydrogen) atoms. The lowest BCUT2D eigenvalue weighted by molar-refractivity contribution is -0.132. The maximum Gasteiger partial charge on any atom is 0.346 e. The van der Waals surface area contributed by atoms with Gasteiger partial charge in [-0.05, 0) is 29.8 Å². The summed E-state index contributed by atoms with van der Waals surface area (Å²) in [6.07, 6.45) is 1.36. The van der Waals surface area contributed by atoms with Crippen LogP contribution in [0.15, 0.2) is 42.0 Å². The maximum atomic E-state index is 11.0. The smallest absolute Gasteiger partial charge is 0.346 e. The van der Waals surface area contributed by atoms with Crippen molar-refractivity contribution in [3.05, 3.63) is 47.5 Å². The molecule has 0 radical (unpaired) electrons. The van der Waals surface area contributed by atoms with E-state index in [1.807, 2.05) is 37.3 Å². The summed E-state index contributed by atoms with van der Waals surface area (Å²) in [6, 6.07) is 12.9. The number of hydrogen-bond acceptors (Lipinski definition) is 3. The van der Waals surface area contributed by atoms with Crippen LogP contribution in [0.25, 0.3) is 16.8 Å². The summed E-state index contributed by atoms with van der Waals surface area (Å²) in [6.45, 7) is 2.32. The Hall–Kier alpha value is -2.80. The Labute approximate surface area is 116 Å². The molecule has 0 unspecified atom stereocenters. The van der Waals surface area contributed by atoms with Gasteiger partial charge in [-0.15, -0.1) is 0 Å². The molecule has 0 aliphatic carbocycles. The van der Waals surface area contributed by atoms with E-state index in [1.54, 1.807) is 12.1 Å². The number of nitrogens with zero attached hydrogens (tertiary/aromatic N) is 1. The minimum atomic E-state index is -1.25. The second-order valence-electron chi connectivity index (χ2n) is 4.11. The second-order valence-corrected chi connectivity index (χ2v) is 4.11. The molecule has 0 bridgehead atoms. The van der Waals surface area contributed by atoms with E-state index in [4.69, 9.17) is 15.1 Å². The number of hydrogen-bond donors (Lipinski definition) is 1. The van der Waals surface area contributed by atoms with Crippen LogP contribution in [-0.4, -0.2) is 17.7 Å². The van der Waals surface area contributed by atoms with Gasteiger partial charge >= 0.3 is 5.97 Å². The summed E-state index contributed by atoms with van der Waals surface area (Å²) in [4.78, 5) is 11.0. The molecule has 0 spiro atoms. The van der Waals surface area contributed by atoms with Gasteiger partial charge in [-0.3, -0.25) is 0 Å². The molecule has 0 aliphatic rings. The molecule has 4 heteroatoms. The Balaban J connectivity index is 2.73. The minimum absolute atomic E-state index is 0.317. The number of carbonyl (C=O) groups is 1. The zero-order valence-electron chi connectivity index (χ0n) is 11.0. The standard InChI is InChI=1S/C16H13NO3/c1-2-20-15-8-7-11-5-3-4-6-13(11)14(15)9-12(10-17)16(18)19/h3-9H,2H2,1H3,(H,18,19)/b12-9+. The number of benzene rings is 2. The first-order chi connectivity index (χ1) is 9.67. The van der Waals surface area contributed by atoms with E-state index in [0.717, 1.165) is 10.8 Å². The molecule has 0 saturated carbocycles. The van der Waals surface area contributed by atoms with Crippen molar-refractivity contribution in [2.45, 2.75) is 6.92 Å². The molecular weight excluding hydrogens is 254 g/mol. The van der Waals surface area contributed by atoms with Gasteiger partial charge in [0.1, 0.15) is 17.4 Å². The molecule has 0 amide bonds. The van der Waals surface area contributed by atoms with Crippen LogP contribution in [0.4, 0.5) is 0 Å². The third-order valence-electron chi connectivity index (χ3n) is 2.87. The quantitative estimate of drug-likeness (QED) is 0.682. The first kappa shape index (κ1) is 13.6. The van der Waals surface area contributed by atoms with E-state index in [1.165, 1.54) is 6.08 Å². The van der Waals surface area contributed by atoms with Crippen LogP contribution in [-0.2, 0) is 4.79 Å². The van der Waals surface area contributed by atoms with E-state index in [-0.39, 0.29) is 5.57 Å². The van der Waals surface area contributed by atoms with Crippen molar-refractivity contribution in [3.63, 3.8) is 0 Å². The molecule has 0 aliphatic heterocycles. The van der Waals surface area contributed by atoms with Gasteiger partial charge < -0.3 is 9.84 Å². The Morgan fingerprint density at radius 1 is 1.35 bits per heavy atom. The molecule has 4 nitrogen and oxygen atoms in total. The van der Waals surface area contributed by atoms with Gasteiger partial charge in [-0.25, -0.2) is 4.79 Å². The summed E-state index contributed by atoms with van der Waals surface area (Å²) < 4.78 is 5.52. The first-order valence-electron chi connectivity index (χ1n) is 6.17. The molecule has 2 aromatic carbocycles. The van der Waals surface area contributed by atoms with Gasteiger partial charge in [-0.1, -0.05) is 30.3 Å². The third-order valence-corrected chi connectivity index (χ3v) is 2.87. The summed E-state index contributed by atoms with van der Waals surface area (Å²) in [5.74, 6) is -0.678. The lowest BCUT2D eigenvalue weighted by Crippen LogP contribution is -1.99. The van der Waals surface area contributed by atoms with Gasteiger partial charge in [0.2, 0.25) is 0 Å². The van der Waals surface area contributed by atoms with Crippen molar-refractivity contribution in [1.29, 1.82) is 5.26 Å². The van der Waals surface area contributed by atoms with Gasteiger partial charge in [0.15, 0.2) is 0 Å². The SMILES string of the molecule is CCOc1ccc2ccccc2c1/C=C(\C#N)C(=O)O. The number of carboxylic acid groups (broad SMARTS) is 1. The van der Waals surface area contributed by atoms with Crippen molar-refractivity contribution in [2.75, 3.05) is 6.61 Å². The van der Waals surface area contributed by atoms with Gasteiger partial charge in [0.05, 0.1) is 6.61 Å². The van der Waals surface area contributed by atoms with Crippen molar-refractivity contribution in [1.82, 2.24) is 0 Å². The van der Waals surface area contributed by atoms with Crippen LogP contribution in [0, 0.1) is 11.3 Å². The number of rotatable bonds is 4. The molecular formula is C16H13NO3. The summed E-state index contributed by atoms with van der Waals surface area (Å²) in [7, 11) is 0. The Bertz CT molecular complexity index is 726. The van der Waals surface area contributed by atoms with Crippen LogP contribution >= 0.6 is 0 Å². The lowest BCUT2D eigenvalue weighted by atomic mass is 10.0. The van der Waals surface area contributed by atoms with E-state index in [2.05, 4.69) is 0 Å². The fourth-order valence-electron chi connectivity index (χ4n) is 1.99. The van der Waals surface area contributed by atoms with Crippen molar-refractivity contribution >= 4 is 22.8 Å². The molecule has 0 heterocycles. The van der Waals surface area contributed by atoms with E-state index < -0.39 is 5.97 Å². The van der Waals surface area contributed by atoms with E-state index in [9.17, 15) is 4.79 Å². The second kappa shape index (κ2) is 5.89. The first-order valence-corrected chi connectivity index (χ1v) is 6.17. The van der Waals surface area contributed by atoms with Crippen molar-refractivity contribution in [2.24, 2.45) is 0 Å². The zero-order valence-corrected chi connectivity index (χ0v) is 11.0. The third kappa shape index (κ3) is 2.62. The normalized spacial score (nSPS) is 11.1. The van der Waals surface area contributed by atoms with Crippen LogP contribution in [0.5, 0.6) is 5.75 Å². The zero-order chi connectivity index (χ0) is 14.5. The molecule has 2 rings (SSSR count). The highest BCUT2D eigenvalue weighted by atomic mass is 16.5. The molecule has 2 aromatic rings. The fourth-order valence-corrected chi connectivity index (χ4v) is 1.99. The molecule has 100 valence electrons. The Morgan fingerprint density at radius 3 is 2.75 bits per heavy atom. The molecule has 1 N–H and O–H groups in total. The number of ether oxygens (including phenoxy) is 1. The predicted octanol–water partition coefficient (Wildman–Crippen LogP) is 3.23. The van der Waals surface area contributed by atoms with Gasteiger partial charge in [0.25, 0.3) is 0 Å². The average Bonchev–Trinajstić information content (AvgIpc) is 2.46. The largest absolute Gasteiger partial charge is 0.493 e. The van der Waals surface area contributed by atoms with Crippen LogP contribution in [0.3, 0.4) is 0 Å².